The Balaban J connectivity index is 1.23. The number of morpholine rings is 1. The summed E-state index contributed by atoms with van der Waals surface area (Å²) in [7, 11) is 0. The Hall–Kier alpha value is -1.92. The normalized spacial score (nSPS) is 38.9. The van der Waals surface area contributed by atoms with Gasteiger partial charge in [0.1, 0.15) is 6.10 Å². The van der Waals surface area contributed by atoms with Gasteiger partial charge in [0.05, 0.1) is 6.61 Å². The Morgan fingerprint density at radius 3 is 2.53 bits per heavy atom. The van der Waals surface area contributed by atoms with Crippen LogP contribution < -0.4 is 11.1 Å². The summed E-state index contributed by atoms with van der Waals surface area (Å²) >= 11 is 0. The van der Waals surface area contributed by atoms with Crippen molar-refractivity contribution in [3.63, 3.8) is 0 Å². The van der Waals surface area contributed by atoms with Gasteiger partial charge < -0.3 is 15.8 Å². The molecule has 5 aliphatic rings. The molecular formula is C24H33N3O3. The van der Waals surface area contributed by atoms with Gasteiger partial charge in [-0.2, -0.15) is 0 Å². The first-order valence-corrected chi connectivity index (χ1v) is 11.5. The highest BCUT2D eigenvalue weighted by Crippen LogP contribution is 2.59. The van der Waals surface area contributed by atoms with Gasteiger partial charge in [0, 0.05) is 30.6 Å². The van der Waals surface area contributed by atoms with Gasteiger partial charge in [-0.05, 0) is 62.3 Å². The average Bonchev–Trinajstić information content (AvgIpc) is 2.75. The van der Waals surface area contributed by atoms with Crippen LogP contribution in [-0.4, -0.2) is 48.6 Å². The number of benzene rings is 1. The Morgan fingerprint density at radius 1 is 1.17 bits per heavy atom. The molecule has 0 radical (unpaired) electrons. The highest BCUT2D eigenvalue weighted by atomic mass is 16.5. The maximum absolute atomic E-state index is 13.2. The molecule has 2 amide bonds. The predicted molar refractivity (Wildman–Crippen MR) is 113 cm³/mol. The molecule has 30 heavy (non-hydrogen) atoms. The number of nitrogens with two attached hydrogens (primary N) is 1. The molecule has 1 aromatic carbocycles. The molecule has 4 unspecified atom stereocenters. The number of carbonyl (C=O) groups excluding carboxylic acids is 2. The molecule has 1 heterocycles. The van der Waals surface area contributed by atoms with Crippen molar-refractivity contribution in [2.24, 2.45) is 28.9 Å². The van der Waals surface area contributed by atoms with E-state index in [-0.39, 0.29) is 29.3 Å². The van der Waals surface area contributed by atoms with E-state index in [0.717, 1.165) is 38.6 Å². The largest absolute Gasteiger partial charge is 0.369 e. The monoisotopic (exact) mass is 411 g/mol. The number of rotatable bonds is 5. The van der Waals surface area contributed by atoms with E-state index in [0.29, 0.717) is 30.9 Å². The number of hydrogen-bond donors (Lipinski definition) is 2. The quantitative estimate of drug-likeness (QED) is 0.778. The minimum atomic E-state index is -0.438. The fourth-order valence-electron chi connectivity index (χ4n) is 6.94. The van der Waals surface area contributed by atoms with Gasteiger partial charge >= 0.3 is 0 Å². The molecule has 0 aromatic heterocycles. The lowest BCUT2D eigenvalue weighted by atomic mass is 9.47. The molecule has 4 atom stereocenters. The van der Waals surface area contributed by atoms with E-state index in [4.69, 9.17) is 10.5 Å². The van der Waals surface area contributed by atoms with E-state index in [9.17, 15) is 9.59 Å². The van der Waals surface area contributed by atoms with E-state index >= 15 is 0 Å². The Labute approximate surface area is 178 Å². The van der Waals surface area contributed by atoms with Gasteiger partial charge in [0.2, 0.25) is 5.91 Å². The Kier molecular flexibility index (Phi) is 5.10. The number of nitrogens with zero attached hydrogens (tertiary/aromatic N) is 1. The second-order valence-electron chi connectivity index (χ2n) is 10.1. The number of ether oxygens (including phenoxy) is 1. The molecule has 4 saturated carbocycles. The van der Waals surface area contributed by atoms with Crippen molar-refractivity contribution in [2.45, 2.75) is 57.2 Å². The first kappa shape index (κ1) is 20.0. The molecule has 162 valence electrons. The molecule has 1 aliphatic heterocycles. The second-order valence-corrected chi connectivity index (χ2v) is 10.1. The molecule has 1 saturated heterocycles. The molecule has 4 aliphatic carbocycles. The predicted octanol–water partition coefficient (Wildman–Crippen LogP) is 2.24. The fraction of sp³-hybridized carbons (Fsp3) is 0.667. The maximum Gasteiger partial charge on any atom is 0.250 e. The van der Waals surface area contributed by atoms with Crippen LogP contribution >= 0.6 is 0 Å². The van der Waals surface area contributed by atoms with Crippen LogP contribution in [0.5, 0.6) is 0 Å². The Morgan fingerprint density at radius 2 is 1.87 bits per heavy atom. The Bertz CT molecular complexity index is 797. The summed E-state index contributed by atoms with van der Waals surface area (Å²) in [6, 6.07) is 10.8. The molecule has 0 spiro atoms. The molecule has 5 fully saturated rings. The minimum Gasteiger partial charge on any atom is -0.369 e. The zero-order chi connectivity index (χ0) is 20.9. The van der Waals surface area contributed by atoms with E-state index in [1.54, 1.807) is 0 Å². The topological polar surface area (TPSA) is 84.7 Å². The molecule has 6 nitrogen and oxygen atoms in total. The van der Waals surface area contributed by atoms with Gasteiger partial charge in [-0.1, -0.05) is 30.3 Å². The van der Waals surface area contributed by atoms with Crippen molar-refractivity contribution >= 4 is 11.8 Å². The average molecular weight is 412 g/mol. The zero-order valence-corrected chi connectivity index (χ0v) is 17.8. The molecule has 3 N–H and O–H groups in total. The van der Waals surface area contributed by atoms with E-state index in [1.165, 1.54) is 5.56 Å². The summed E-state index contributed by atoms with van der Waals surface area (Å²) in [6.45, 7) is 4.20. The van der Waals surface area contributed by atoms with Crippen molar-refractivity contribution in [3.05, 3.63) is 35.9 Å². The van der Waals surface area contributed by atoms with Crippen LogP contribution in [0.1, 0.15) is 50.6 Å². The third-order valence-corrected chi connectivity index (χ3v) is 8.32. The van der Waals surface area contributed by atoms with Crippen molar-refractivity contribution in [2.75, 3.05) is 19.7 Å². The third kappa shape index (κ3) is 3.44. The van der Waals surface area contributed by atoms with Gasteiger partial charge in [-0.25, -0.2) is 0 Å². The lowest BCUT2D eigenvalue weighted by Crippen LogP contribution is -2.63. The lowest BCUT2D eigenvalue weighted by Gasteiger charge is -2.59. The molecule has 1 aromatic rings. The number of nitrogens with one attached hydrogen (secondary N) is 1. The van der Waals surface area contributed by atoms with Crippen LogP contribution in [0.15, 0.2) is 30.3 Å². The molecule has 4 bridgehead atoms. The number of hydrogen-bond acceptors (Lipinski definition) is 4. The van der Waals surface area contributed by atoms with Crippen molar-refractivity contribution in [1.29, 1.82) is 0 Å². The minimum absolute atomic E-state index is 0.00515. The van der Waals surface area contributed by atoms with Crippen molar-refractivity contribution in [3.8, 4) is 0 Å². The van der Waals surface area contributed by atoms with Crippen molar-refractivity contribution in [1.82, 2.24) is 10.2 Å². The van der Waals surface area contributed by atoms with Crippen LogP contribution in [0.2, 0.25) is 0 Å². The summed E-state index contributed by atoms with van der Waals surface area (Å²) in [5.74, 6) is 1.21. The highest BCUT2D eigenvalue weighted by molar-refractivity contribution is 5.83. The number of carbonyl (C=O) groups is 2. The smallest absolute Gasteiger partial charge is 0.250 e. The number of primary amides is 1. The van der Waals surface area contributed by atoms with Crippen LogP contribution in [0, 0.1) is 23.2 Å². The van der Waals surface area contributed by atoms with Gasteiger partial charge in [0.15, 0.2) is 0 Å². The van der Waals surface area contributed by atoms with Crippen LogP contribution in [-0.2, 0) is 14.3 Å². The SMILES string of the molecule is CC(c1ccccc1)N1CCOC(C(=O)NC2C3CC4CC2CC(C(N)=O)(C4)C3)C1. The second kappa shape index (κ2) is 7.65. The molecular weight excluding hydrogens is 378 g/mol. The summed E-state index contributed by atoms with van der Waals surface area (Å²) in [5, 5.41) is 3.34. The fourth-order valence-corrected chi connectivity index (χ4v) is 6.94. The van der Waals surface area contributed by atoms with Gasteiger partial charge in [-0.3, -0.25) is 14.5 Å². The van der Waals surface area contributed by atoms with Crippen LogP contribution in [0.4, 0.5) is 0 Å². The summed E-state index contributed by atoms with van der Waals surface area (Å²) in [6.07, 6.45) is 4.41. The summed E-state index contributed by atoms with van der Waals surface area (Å²) < 4.78 is 5.88. The standard InChI is InChI=1S/C24H33N3O3/c1-15(17-5-3-2-4-6-17)27-7-8-30-20(14-27)22(28)26-21-18-9-16-10-19(21)13-24(11-16,12-18)23(25)29/h2-6,15-16,18-21H,7-14H2,1H3,(H2,25,29)(H,26,28). The van der Waals surface area contributed by atoms with E-state index < -0.39 is 6.10 Å². The summed E-state index contributed by atoms with van der Waals surface area (Å²) in [4.78, 5) is 27.6. The summed E-state index contributed by atoms with van der Waals surface area (Å²) in [5.41, 5.74) is 6.74. The maximum atomic E-state index is 13.2. The van der Waals surface area contributed by atoms with Gasteiger partial charge in [0.25, 0.3) is 5.91 Å². The molecule has 6 rings (SSSR count). The molecule has 6 heteroatoms. The van der Waals surface area contributed by atoms with E-state index in [2.05, 4.69) is 41.4 Å². The highest BCUT2D eigenvalue weighted by Gasteiger charge is 2.58. The van der Waals surface area contributed by atoms with Crippen LogP contribution in [0.25, 0.3) is 0 Å². The van der Waals surface area contributed by atoms with Crippen molar-refractivity contribution < 1.29 is 14.3 Å². The first-order chi connectivity index (χ1) is 14.4. The van der Waals surface area contributed by atoms with Gasteiger partial charge in [-0.15, -0.1) is 0 Å². The first-order valence-electron chi connectivity index (χ1n) is 11.5. The number of amides is 2. The van der Waals surface area contributed by atoms with E-state index in [1.807, 2.05) is 6.07 Å². The zero-order valence-electron chi connectivity index (χ0n) is 17.8. The third-order valence-electron chi connectivity index (χ3n) is 8.32. The lowest BCUT2D eigenvalue weighted by molar-refractivity contribution is -0.151. The van der Waals surface area contributed by atoms with Crippen LogP contribution in [0.3, 0.4) is 0 Å².